The molecule has 2 saturated heterocycles. The predicted octanol–water partition coefficient (Wildman–Crippen LogP) is 3.49. The van der Waals surface area contributed by atoms with Crippen LogP contribution in [-0.4, -0.2) is 52.2 Å². The van der Waals surface area contributed by atoms with Crippen molar-refractivity contribution in [1.29, 1.82) is 0 Å². The highest BCUT2D eigenvalue weighted by molar-refractivity contribution is 5.88. The van der Waals surface area contributed by atoms with Gasteiger partial charge in [0.2, 0.25) is 0 Å². The number of fused-ring (bicyclic) bond motifs is 3. The molecule has 3 aromatic rings. The van der Waals surface area contributed by atoms with E-state index in [1.807, 2.05) is 0 Å². The van der Waals surface area contributed by atoms with Gasteiger partial charge in [-0.15, -0.1) is 0 Å². The zero-order chi connectivity index (χ0) is 19.7. The Labute approximate surface area is 176 Å². The summed E-state index contributed by atoms with van der Waals surface area (Å²) in [6.45, 7) is 4.16. The molecule has 0 spiro atoms. The van der Waals surface area contributed by atoms with Crippen molar-refractivity contribution in [2.45, 2.75) is 37.3 Å². The molecule has 1 unspecified atom stereocenters. The lowest BCUT2D eigenvalue weighted by Crippen LogP contribution is -2.40. The average molecular weight is 402 g/mol. The summed E-state index contributed by atoms with van der Waals surface area (Å²) in [5, 5.41) is 4.98. The first-order chi connectivity index (χ1) is 14.8. The number of nitrogens with one attached hydrogen (secondary N) is 2. The van der Waals surface area contributed by atoms with Gasteiger partial charge >= 0.3 is 0 Å². The zero-order valence-corrected chi connectivity index (χ0v) is 17.1. The van der Waals surface area contributed by atoms with Crippen LogP contribution in [0.4, 0.5) is 5.82 Å². The molecule has 0 radical (unpaired) electrons. The molecule has 2 aliphatic heterocycles. The summed E-state index contributed by atoms with van der Waals surface area (Å²) in [6.07, 6.45) is 5.35. The Morgan fingerprint density at radius 1 is 1.07 bits per heavy atom. The second kappa shape index (κ2) is 6.53. The number of H-pyrrole nitrogens is 1. The van der Waals surface area contributed by atoms with Gasteiger partial charge in [0, 0.05) is 36.7 Å². The van der Waals surface area contributed by atoms with Crippen molar-refractivity contribution in [2.24, 2.45) is 11.8 Å². The standard InChI is InChI=1S/C24H27N5O/c1-2-4-18-15(3-1)7-21(29-9-16-11-30-12-17(16)10-29)22(18)28-24-19-8-20(14-5-6-14)27-23(19)25-13-26-24/h1-4,8,13-14,16-17,21-22H,5-7,9-12H2,(H2,25,26,27,28)/t16-,17+,21-,22?/m0/s1. The van der Waals surface area contributed by atoms with Crippen molar-refractivity contribution in [2.75, 3.05) is 31.6 Å². The lowest BCUT2D eigenvalue weighted by molar-refractivity contribution is 0.136. The minimum absolute atomic E-state index is 0.248. The summed E-state index contributed by atoms with van der Waals surface area (Å²) >= 11 is 0. The fraction of sp³-hybridized carbons (Fsp3) is 0.500. The Kier molecular flexibility index (Phi) is 3.76. The number of rotatable bonds is 4. The van der Waals surface area contributed by atoms with Gasteiger partial charge < -0.3 is 15.0 Å². The summed E-state index contributed by atoms with van der Waals surface area (Å²) in [7, 11) is 0. The van der Waals surface area contributed by atoms with E-state index in [0.717, 1.165) is 49.6 Å². The van der Waals surface area contributed by atoms with Crippen LogP contribution in [-0.2, 0) is 11.2 Å². The number of hydrogen-bond acceptors (Lipinski definition) is 5. The van der Waals surface area contributed by atoms with Crippen molar-refractivity contribution in [1.82, 2.24) is 19.9 Å². The minimum Gasteiger partial charge on any atom is -0.381 e. The number of likely N-dealkylation sites (tertiary alicyclic amines) is 1. The summed E-state index contributed by atoms with van der Waals surface area (Å²) in [4.78, 5) is 15.4. The van der Waals surface area contributed by atoms with E-state index in [-0.39, 0.29) is 6.04 Å². The summed E-state index contributed by atoms with van der Waals surface area (Å²) in [5.74, 6) is 3.03. The number of aromatic amines is 1. The zero-order valence-electron chi connectivity index (χ0n) is 17.1. The van der Waals surface area contributed by atoms with Gasteiger partial charge in [0.05, 0.1) is 24.6 Å². The SMILES string of the molecule is c1ccc2c(c1)C[C@H](N1C[C@H]3COC[C@H]3C1)C2Nc1ncnc2[nH]c(C3CC3)cc12. The molecule has 4 aliphatic rings. The van der Waals surface area contributed by atoms with Gasteiger partial charge in [0.15, 0.2) is 0 Å². The second-order valence-electron chi connectivity index (χ2n) is 9.59. The Bertz CT molecular complexity index is 1090. The predicted molar refractivity (Wildman–Crippen MR) is 116 cm³/mol. The smallest absolute Gasteiger partial charge is 0.143 e. The van der Waals surface area contributed by atoms with E-state index >= 15 is 0 Å². The fourth-order valence-electron chi connectivity index (χ4n) is 5.92. The number of ether oxygens (including phenoxy) is 1. The van der Waals surface area contributed by atoms with Crippen LogP contribution < -0.4 is 5.32 Å². The molecule has 4 atom stereocenters. The minimum atomic E-state index is 0.248. The molecule has 1 aromatic carbocycles. The molecule has 30 heavy (non-hydrogen) atoms. The van der Waals surface area contributed by atoms with Gasteiger partial charge in [-0.25, -0.2) is 9.97 Å². The Balaban J connectivity index is 1.24. The highest BCUT2D eigenvalue weighted by Gasteiger charge is 2.44. The number of benzene rings is 1. The number of hydrogen-bond donors (Lipinski definition) is 2. The van der Waals surface area contributed by atoms with Crippen LogP contribution in [0, 0.1) is 11.8 Å². The quantitative estimate of drug-likeness (QED) is 0.701. The molecule has 154 valence electrons. The molecule has 0 amide bonds. The lowest BCUT2D eigenvalue weighted by atomic mass is 10.0. The Morgan fingerprint density at radius 2 is 1.90 bits per heavy atom. The van der Waals surface area contributed by atoms with Crippen molar-refractivity contribution < 1.29 is 4.74 Å². The number of nitrogens with zero attached hydrogens (tertiary/aromatic N) is 3. The van der Waals surface area contributed by atoms with E-state index in [1.165, 1.54) is 29.7 Å². The first kappa shape index (κ1) is 17.3. The van der Waals surface area contributed by atoms with E-state index in [9.17, 15) is 0 Å². The molecular formula is C24H27N5O. The third kappa shape index (κ3) is 2.70. The topological polar surface area (TPSA) is 66.1 Å². The first-order valence-corrected chi connectivity index (χ1v) is 11.3. The van der Waals surface area contributed by atoms with Crippen molar-refractivity contribution in [3.8, 4) is 0 Å². The van der Waals surface area contributed by atoms with Gasteiger partial charge in [0.25, 0.3) is 0 Å². The van der Waals surface area contributed by atoms with Crippen molar-refractivity contribution in [3.63, 3.8) is 0 Å². The highest BCUT2D eigenvalue weighted by Crippen LogP contribution is 2.43. The van der Waals surface area contributed by atoms with Crippen LogP contribution >= 0.6 is 0 Å². The molecule has 6 heteroatoms. The molecule has 3 fully saturated rings. The van der Waals surface area contributed by atoms with Crippen LogP contribution in [0.25, 0.3) is 11.0 Å². The van der Waals surface area contributed by atoms with Crippen LogP contribution in [0.15, 0.2) is 36.7 Å². The summed E-state index contributed by atoms with van der Waals surface area (Å²) in [6, 6.07) is 11.9. The first-order valence-electron chi connectivity index (χ1n) is 11.3. The van der Waals surface area contributed by atoms with Crippen molar-refractivity contribution >= 4 is 16.9 Å². The maximum atomic E-state index is 5.72. The molecule has 1 saturated carbocycles. The monoisotopic (exact) mass is 401 g/mol. The maximum Gasteiger partial charge on any atom is 0.143 e. The third-order valence-electron chi connectivity index (χ3n) is 7.70. The molecule has 0 bridgehead atoms. The van der Waals surface area contributed by atoms with Crippen LogP contribution in [0.5, 0.6) is 0 Å². The average Bonchev–Trinajstić information content (AvgIpc) is 3.09. The summed E-state index contributed by atoms with van der Waals surface area (Å²) < 4.78 is 5.72. The van der Waals surface area contributed by atoms with E-state index in [2.05, 4.69) is 55.5 Å². The van der Waals surface area contributed by atoms with Gasteiger partial charge in [-0.3, -0.25) is 4.90 Å². The maximum absolute atomic E-state index is 5.72. The molecule has 6 nitrogen and oxygen atoms in total. The molecular weight excluding hydrogens is 374 g/mol. The highest BCUT2D eigenvalue weighted by atomic mass is 16.5. The largest absolute Gasteiger partial charge is 0.381 e. The molecule has 2 aliphatic carbocycles. The third-order valence-corrected chi connectivity index (χ3v) is 7.70. The molecule has 4 heterocycles. The van der Waals surface area contributed by atoms with Gasteiger partial charge in [-0.1, -0.05) is 24.3 Å². The number of anilines is 1. The second-order valence-corrected chi connectivity index (χ2v) is 9.59. The van der Waals surface area contributed by atoms with E-state index < -0.39 is 0 Å². The molecule has 7 rings (SSSR count). The Hall–Kier alpha value is -2.44. The van der Waals surface area contributed by atoms with Gasteiger partial charge in [-0.2, -0.15) is 0 Å². The van der Waals surface area contributed by atoms with E-state index in [1.54, 1.807) is 6.33 Å². The van der Waals surface area contributed by atoms with E-state index in [0.29, 0.717) is 23.8 Å². The van der Waals surface area contributed by atoms with Gasteiger partial charge in [-0.05, 0) is 42.4 Å². The Morgan fingerprint density at radius 3 is 2.73 bits per heavy atom. The fourth-order valence-corrected chi connectivity index (χ4v) is 5.92. The van der Waals surface area contributed by atoms with Gasteiger partial charge in [0.1, 0.15) is 17.8 Å². The lowest BCUT2D eigenvalue weighted by Gasteiger charge is -2.31. The normalized spacial score (nSPS) is 30.7. The van der Waals surface area contributed by atoms with E-state index in [4.69, 9.17) is 4.74 Å². The van der Waals surface area contributed by atoms with Crippen LogP contribution in [0.3, 0.4) is 0 Å². The molecule has 2 aromatic heterocycles. The van der Waals surface area contributed by atoms with Crippen molar-refractivity contribution in [3.05, 3.63) is 53.5 Å². The van der Waals surface area contributed by atoms with Crippen LogP contribution in [0.1, 0.15) is 41.6 Å². The summed E-state index contributed by atoms with van der Waals surface area (Å²) in [5.41, 5.74) is 5.14. The number of aromatic nitrogens is 3. The van der Waals surface area contributed by atoms with Crippen LogP contribution in [0.2, 0.25) is 0 Å². The molecule has 2 N–H and O–H groups in total.